The summed E-state index contributed by atoms with van der Waals surface area (Å²) in [6, 6.07) is 4.13. The standard InChI is InChI=1S/C23H30FN5O4S/c1-12(10-26-22(31)33-23(3,4)5)32-16-9-14(24)7-8-15(16)29-19-17-13(2)18(20(30)25-6)34-21(17)28-11-27-19/h7-9,11-13,18H,10H2,1-6H3,(H,25,30)(H,26,31)(H,27,28,29). The number of rotatable bonds is 7. The summed E-state index contributed by atoms with van der Waals surface area (Å²) in [7, 11) is 1.60. The van der Waals surface area contributed by atoms with Crippen molar-refractivity contribution in [2.75, 3.05) is 18.9 Å². The molecule has 0 radical (unpaired) electrons. The molecule has 0 aliphatic carbocycles. The van der Waals surface area contributed by atoms with Gasteiger partial charge in [-0.1, -0.05) is 18.7 Å². The van der Waals surface area contributed by atoms with E-state index in [4.69, 9.17) is 9.47 Å². The lowest BCUT2D eigenvalue weighted by atomic mass is 9.99. The number of aromatic nitrogens is 2. The predicted octanol–water partition coefficient (Wildman–Crippen LogP) is 3.98. The summed E-state index contributed by atoms with van der Waals surface area (Å²) in [5, 5.41) is 8.93. The smallest absolute Gasteiger partial charge is 0.407 e. The number of hydrogen-bond acceptors (Lipinski definition) is 8. The van der Waals surface area contributed by atoms with Crippen LogP contribution < -0.4 is 20.7 Å². The molecule has 3 atom stereocenters. The molecule has 1 aromatic heterocycles. The molecular formula is C23H30FN5O4S. The monoisotopic (exact) mass is 491 g/mol. The van der Waals surface area contributed by atoms with Gasteiger partial charge in [-0.3, -0.25) is 4.79 Å². The fourth-order valence-corrected chi connectivity index (χ4v) is 4.73. The highest BCUT2D eigenvalue weighted by Gasteiger charge is 2.38. The second kappa shape index (κ2) is 10.5. The highest BCUT2D eigenvalue weighted by Crippen LogP contribution is 2.47. The Labute approximate surface area is 202 Å². The van der Waals surface area contributed by atoms with Crippen LogP contribution in [0.4, 0.5) is 20.7 Å². The van der Waals surface area contributed by atoms with Gasteiger partial charge in [-0.15, -0.1) is 0 Å². The maximum atomic E-state index is 14.0. The fourth-order valence-electron chi connectivity index (χ4n) is 3.40. The van der Waals surface area contributed by atoms with Crippen molar-refractivity contribution in [3.63, 3.8) is 0 Å². The normalized spacial score (nSPS) is 18.0. The number of anilines is 2. The third-order valence-corrected chi connectivity index (χ3v) is 6.38. The number of nitrogens with one attached hydrogen (secondary N) is 3. The molecule has 11 heteroatoms. The maximum Gasteiger partial charge on any atom is 0.407 e. The van der Waals surface area contributed by atoms with Gasteiger partial charge in [-0.2, -0.15) is 0 Å². The van der Waals surface area contributed by atoms with Gasteiger partial charge in [-0.25, -0.2) is 19.2 Å². The summed E-state index contributed by atoms with van der Waals surface area (Å²) in [5.41, 5.74) is 0.695. The maximum absolute atomic E-state index is 14.0. The minimum absolute atomic E-state index is 0.0847. The Morgan fingerprint density at radius 1 is 1.26 bits per heavy atom. The van der Waals surface area contributed by atoms with Crippen LogP contribution in [0.25, 0.3) is 0 Å². The number of ether oxygens (including phenoxy) is 2. The Balaban J connectivity index is 1.76. The first-order valence-corrected chi connectivity index (χ1v) is 11.8. The number of amides is 2. The van der Waals surface area contributed by atoms with Crippen LogP contribution in [0.3, 0.4) is 0 Å². The van der Waals surface area contributed by atoms with E-state index in [1.54, 1.807) is 40.8 Å². The molecule has 0 fully saturated rings. The quantitative estimate of drug-likeness (QED) is 0.499. The number of alkyl carbamates (subject to hydrolysis) is 1. The number of fused-ring (bicyclic) bond motifs is 1. The Kier molecular flexibility index (Phi) is 7.86. The van der Waals surface area contributed by atoms with Crippen molar-refractivity contribution in [1.82, 2.24) is 20.6 Å². The zero-order chi connectivity index (χ0) is 25.0. The minimum Gasteiger partial charge on any atom is -0.487 e. The minimum atomic E-state index is -0.613. The van der Waals surface area contributed by atoms with Crippen LogP contribution in [0.1, 0.15) is 46.1 Å². The van der Waals surface area contributed by atoms with Crippen molar-refractivity contribution in [1.29, 1.82) is 0 Å². The van der Waals surface area contributed by atoms with Gasteiger partial charge in [0.15, 0.2) is 0 Å². The van der Waals surface area contributed by atoms with Gasteiger partial charge >= 0.3 is 6.09 Å². The summed E-state index contributed by atoms with van der Waals surface area (Å²) in [6.07, 6.45) is 0.386. The van der Waals surface area contributed by atoms with Crippen LogP contribution in [0.5, 0.6) is 5.75 Å². The van der Waals surface area contributed by atoms with Crippen molar-refractivity contribution >= 4 is 35.3 Å². The Bertz CT molecular complexity index is 1060. The van der Waals surface area contributed by atoms with Crippen molar-refractivity contribution in [2.24, 2.45) is 0 Å². The average molecular weight is 492 g/mol. The molecule has 0 bridgehead atoms. The molecule has 3 rings (SSSR count). The molecule has 3 N–H and O–H groups in total. The van der Waals surface area contributed by atoms with E-state index in [1.165, 1.54) is 30.2 Å². The third-order valence-electron chi connectivity index (χ3n) is 4.96. The summed E-state index contributed by atoms with van der Waals surface area (Å²) in [4.78, 5) is 32.8. The number of carbonyl (C=O) groups is 2. The zero-order valence-electron chi connectivity index (χ0n) is 20.1. The SMILES string of the molecule is CNC(=O)C1Sc2ncnc(Nc3ccc(F)cc3OC(C)CNC(=O)OC(C)(C)C)c2C1C. The molecule has 2 aromatic rings. The van der Waals surface area contributed by atoms with E-state index in [2.05, 4.69) is 25.9 Å². The molecule has 184 valence electrons. The average Bonchev–Trinajstić information content (AvgIpc) is 3.10. The fraction of sp³-hybridized carbons (Fsp3) is 0.478. The van der Waals surface area contributed by atoms with Gasteiger partial charge < -0.3 is 25.4 Å². The lowest BCUT2D eigenvalue weighted by Gasteiger charge is -2.22. The largest absolute Gasteiger partial charge is 0.487 e. The van der Waals surface area contributed by atoms with Gasteiger partial charge in [0, 0.05) is 24.6 Å². The molecule has 34 heavy (non-hydrogen) atoms. The summed E-state index contributed by atoms with van der Waals surface area (Å²) < 4.78 is 25.2. The first-order chi connectivity index (χ1) is 16.0. The number of carbonyl (C=O) groups excluding carboxylic acids is 2. The summed E-state index contributed by atoms with van der Waals surface area (Å²) >= 11 is 1.39. The summed E-state index contributed by atoms with van der Waals surface area (Å²) in [5.74, 6) is 0.0905. The van der Waals surface area contributed by atoms with Gasteiger partial charge in [0.25, 0.3) is 0 Å². The van der Waals surface area contributed by atoms with Crippen LogP contribution in [-0.4, -0.2) is 52.5 Å². The van der Waals surface area contributed by atoms with Crippen molar-refractivity contribution in [3.8, 4) is 5.75 Å². The topological polar surface area (TPSA) is 114 Å². The first kappa shape index (κ1) is 25.5. The van der Waals surface area contributed by atoms with Crippen LogP contribution in [0, 0.1) is 5.82 Å². The van der Waals surface area contributed by atoms with E-state index in [1.807, 2.05) is 6.92 Å². The number of hydrogen-bond donors (Lipinski definition) is 3. The van der Waals surface area contributed by atoms with Gasteiger partial charge in [0.2, 0.25) is 5.91 Å². The van der Waals surface area contributed by atoms with Crippen LogP contribution in [0.2, 0.25) is 0 Å². The van der Waals surface area contributed by atoms with E-state index in [0.717, 1.165) is 10.6 Å². The molecule has 0 saturated heterocycles. The van der Waals surface area contributed by atoms with Crippen LogP contribution in [-0.2, 0) is 9.53 Å². The number of thioether (sulfide) groups is 1. The molecule has 1 aliphatic heterocycles. The second-order valence-corrected chi connectivity index (χ2v) is 10.1. The molecule has 0 saturated carbocycles. The molecule has 1 aliphatic rings. The second-order valence-electron chi connectivity index (χ2n) is 8.96. The van der Waals surface area contributed by atoms with Crippen molar-refractivity contribution < 1.29 is 23.5 Å². The number of nitrogens with zero attached hydrogens (tertiary/aromatic N) is 2. The van der Waals surface area contributed by atoms with E-state index < -0.39 is 23.6 Å². The van der Waals surface area contributed by atoms with Crippen LogP contribution in [0.15, 0.2) is 29.6 Å². The molecular weight excluding hydrogens is 461 g/mol. The molecule has 2 amide bonds. The zero-order valence-corrected chi connectivity index (χ0v) is 20.9. The van der Waals surface area contributed by atoms with E-state index in [0.29, 0.717) is 11.5 Å². The highest BCUT2D eigenvalue weighted by molar-refractivity contribution is 8.01. The Morgan fingerprint density at radius 3 is 2.68 bits per heavy atom. The lowest BCUT2D eigenvalue weighted by Crippen LogP contribution is -2.37. The summed E-state index contributed by atoms with van der Waals surface area (Å²) in [6.45, 7) is 9.18. The third kappa shape index (κ3) is 6.28. The van der Waals surface area contributed by atoms with E-state index in [9.17, 15) is 14.0 Å². The van der Waals surface area contributed by atoms with Crippen molar-refractivity contribution in [3.05, 3.63) is 35.9 Å². The van der Waals surface area contributed by atoms with Crippen molar-refractivity contribution in [2.45, 2.75) is 62.5 Å². The number of halogens is 1. The Morgan fingerprint density at radius 2 is 2.00 bits per heavy atom. The first-order valence-electron chi connectivity index (χ1n) is 10.9. The van der Waals surface area contributed by atoms with E-state index in [-0.39, 0.29) is 29.4 Å². The van der Waals surface area contributed by atoms with Gasteiger partial charge in [0.05, 0.1) is 17.5 Å². The lowest BCUT2D eigenvalue weighted by molar-refractivity contribution is -0.120. The molecule has 3 unspecified atom stereocenters. The van der Waals surface area contributed by atoms with Gasteiger partial charge in [-0.05, 0) is 39.8 Å². The van der Waals surface area contributed by atoms with E-state index >= 15 is 0 Å². The molecule has 2 heterocycles. The Hall–Kier alpha value is -3.08. The highest BCUT2D eigenvalue weighted by atomic mass is 32.2. The van der Waals surface area contributed by atoms with Crippen LogP contribution >= 0.6 is 11.8 Å². The molecule has 0 spiro atoms. The molecule has 1 aromatic carbocycles. The predicted molar refractivity (Wildman–Crippen MR) is 128 cm³/mol. The van der Waals surface area contributed by atoms with Gasteiger partial charge in [0.1, 0.15) is 40.4 Å². The molecule has 9 nitrogen and oxygen atoms in total. The number of benzene rings is 1.